The van der Waals surface area contributed by atoms with Crippen molar-refractivity contribution in [2.75, 3.05) is 49.2 Å². The first-order valence-electron chi connectivity index (χ1n) is 20.2. The van der Waals surface area contributed by atoms with Crippen molar-refractivity contribution in [2.45, 2.75) is 145 Å². The number of rotatable bonds is 18. The maximum atomic E-state index is 13.4. The molecule has 2 aromatic rings. The van der Waals surface area contributed by atoms with Crippen molar-refractivity contribution in [3.8, 4) is 11.5 Å². The summed E-state index contributed by atoms with van der Waals surface area (Å²) >= 11 is 3.53. The molecule has 0 bridgehead atoms. The van der Waals surface area contributed by atoms with Crippen molar-refractivity contribution < 1.29 is 47.4 Å². The van der Waals surface area contributed by atoms with Crippen molar-refractivity contribution >= 4 is 59.2 Å². The zero-order valence-electron chi connectivity index (χ0n) is 39.0. The third-order valence-electron chi connectivity index (χ3n) is 8.84. The molecule has 0 fully saturated rings. The van der Waals surface area contributed by atoms with Gasteiger partial charge in [0.15, 0.2) is 8.32 Å². The maximum absolute atomic E-state index is 13.4. The first-order valence-corrected chi connectivity index (χ1v) is 23.9. The second kappa shape index (κ2) is 20.3. The van der Waals surface area contributed by atoms with Gasteiger partial charge >= 0.3 is 17.9 Å². The van der Waals surface area contributed by atoms with Crippen LogP contribution in [0.5, 0.6) is 11.5 Å². The van der Waals surface area contributed by atoms with Crippen LogP contribution in [0.15, 0.2) is 34.8 Å². The molecule has 0 radical (unpaired) electrons. The monoisotopic (exact) mass is 923 g/mol. The zero-order chi connectivity index (χ0) is 46.2. The van der Waals surface area contributed by atoms with E-state index in [0.717, 1.165) is 4.47 Å². The molecule has 0 aliphatic heterocycles. The van der Waals surface area contributed by atoms with Crippen LogP contribution in [0, 0.1) is 15.5 Å². The number of halogens is 1. The number of benzene rings is 2. The smallest absolute Gasteiger partial charge is 0.326 e. The van der Waals surface area contributed by atoms with Crippen LogP contribution in [0.1, 0.15) is 109 Å². The van der Waals surface area contributed by atoms with Gasteiger partial charge in [0.05, 0.1) is 34.5 Å². The van der Waals surface area contributed by atoms with Crippen molar-refractivity contribution in [1.82, 2.24) is 0 Å². The lowest BCUT2D eigenvalue weighted by atomic mass is 9.95. The Labute approximate surface area is 367 Å². The molecule has 0 saturated heterocycles. The lowest BCUT2D eigenvalue weighted by Crippen LogP contribution is -2.41. The molecule has 0 unspecified atom stereocenters. The molecule has 0 aliphatic carbocycles. The van der Waals surface area contributed by atoms with Gasteiger partial charge in [-0.05, 0) is 110 Å². The van der Waals surface area contributed by atoms with E-state index < -0.39 is 61.0 Å². The largest absolute Gasteiger partial charge is 0.488 e. The Hall–Kier alpha value is -3.89. The molecule has 338 valence electrons. The second-order valence-corrected chi connectivity index (χ2v) is 26.3. The molecule has 0 N–H and O–H groups in total. The molecule has 0 atom stereocenters. The minimum absolute atomic E-state index is 0.0212. The van der Waals surface area contributed by atoms with E-state index in [1.807, 2.05) is 50.9 Å². The molecule has 0 saturated carbocycles. The number of carbonyl (C=O) groups is 3. The molecular formula is C44H70BrN3O11Si. The van der Waals surface area contributed by atoms with Gasteiger partial charge < -0.3 is 37.9 Å². The first-order chi connectivity index (χ1) is 27.1. The van der Waals surface area contributed by atoms with Gasteiger partial charge in [0, 0.05) is 11.0 Å². The van der Waals surface area contributed by atoms with Crippen LogP contribution >= 0.6 is 15.9 Å². The van der Waals surface area contributed by atoms with Crippen LogP contribution < -0.4 is 19.3 Å². The molecule has 0 aromatic heterocycles. The number of esters is 3. The second-order valence-electron chi connectivity index (χ2n) is 20.6. The van der Waals surface area contributed by atoms with E-state index in [1.165, 1.54) is 17.0 Å². The molecule has 16 heteroatoms. The number of anilines is 2. The Morgan fingerprint density at radius 3 is 1.50 bits per heavy atom. The Bertz CT molecular complexity index is 1790. The highest BCUT2D eigenvalue weighted by atomic mass is 79.9. The molecule has 0 aliphatic rings. The van der Waals surface area contributed by atoms with E-state index in [2.05, 4.69) is 57.5 Å². The minimum atomic E-state index is -2.38. The van der Waals surface area contributed by atoms with Crippen LogP contribution in [-0.4, -0.2) is 87.3 Å². The van der Waals surface area contributed by atoms with Crippen LogP contribution in [0.3, 0.4) is 0 Å². The fourth-order valence-corrected chi connectivity index (χ4v) is 6.80. The van der Waals surface area contributed by atoms with Gasteiger partial charge in [-0.1, -0.05) is 57.5 Å². The summed E-state index contributed by atoms with van der Waals surface area (Å²) in [4.78, 5) is 55.2. The zero-order valence-corrected chi connectivity index (χ0v) is 41.6. The molecule has 14 nitrogen and oxygen atoms in total. The highest BCUT2D eigenvalue weighted by Gasteiger charge is 2.38. The molecule has 0 heterocycles. The minimum Gasteiger partial charge on any atom is -0.488 e. The lowest BCUT2D eigenvalue weighted by Gasteiger charge is -2.36. The molecule has 0 amide bonds. The quantitative estimate of drug-likeness (QED) is 0.0348. The van der Waals surface area contributed by atoms with Crippen LogP contribution in [-0.2, 0) is 39.6 Å². The maximum Gasteiger partial charge on any atom is 0.326 e. The van der Waals surface area contributed by atoms with Gasteiger partial charge in [-0.15, -0.1) is 0 Å². The molecule has 60 heavy (non-hydrogen) atoms. The first kappa shape index (κ1) is 52.2. The fourth-order valence-electron chi connectivity index (χ4n) is 5.51. The van der Waals surface area contributed by atoms with Gasteiger partial charge in [-0.3, -0.25) is 24.5 Å². The van der Waals surface area contributed by atoms with Crippen LogP contribution in [0.25, 0.3) is 0 Å². The predicted octanol–water partition coefficient (Wildman–Crippen LogP) is 10.0. The van der Waals surface area contributed by atoms with Crippen molar-refractivity contribution in [1.29, 1.82) is 0 Å². The summed E-state index contributed by atoms with van der Waals surface area (Å²) in [7, 11) is -2.38. The summed E-state index contributed by atoms with van der Waals surface area (Å²) in [5.41, 5.74) is -1.66. The SMILES string of the molecule is CC(C)(C)CN(CC(=O)OC(C)(C)C)c1ccc(Br)cc1OCCOc1cc([N+](=O)[O-])c(CO[Si](C)(C)C(C)(C)C)cc1N(CC(=O)OC(C)(C)C)CC(=O)OC(C)(C)C. The number of nitro groups is 1. The third-order valence-corrected chi connectivity index (χ3v) is 13.8. The van der Waals surface area contributed by atoms with Crippen molar-refractivity contribution in [3.63, 3.8) is 0 Å². The number of hydrogen-bond acceptors (Lipinski definition) is 13. The molecule has 2 aromatic carbocycles. The Balaban J connectivity index is 2.66. The summed E-state index contributed by atoms with van der Waals surface area (Å²) in [6, 6.07) is 8.32. The summed E-state index contributed by atoms with van der Waals surface area (Å²) in [6.45, 7) is 31.8. The van der Waals surface area contributed by atoms with E-state index in [1.54, 1.807) is 47.6 Å². The summed E-state index contributed by atoms with van der Waals surface area (Å²) < 4.78 is 36.7. The Morgan fingerprint density at radius 1 is 0.667 bits per heavy atom. The number of ether oxygens (including phenoxy) is 5. The highest BCUT2D eigenvalue weighted by Crippen LogP contribution is 2.41. The number of nitro benzene ring substituents is 1. The Morgan fingerprint density at radius 2 is 1.10 bits per heavy atom. The fraction of sp³-hybridized carbons (Fsp3) is 0.659. The van der Waals surface area contributed by atoms with Crippen LogP contribution in [0.2, 0.25) is 18.1 Å². The molecule has 2 rings (SSSR count). The average molecular weight is 925 g/mol. The van der Waals surface area contributed by atoms with Gasteiger partial charge in [-0.2, -0.15) is 0 Å². The van der Waals surface area contributed by atoms with E-state index in [9.17, 15) is 24.5 Å². The number of hydrogen-bond donors (Lipinski definition) is 0. The van der Waals surface area contributed by atoms with E-state index in [-0.39, 0.29) is 59.5 Å². The van der Waals surface area contributed by atoms with Crippen LogP contribution in [0.4, 0.5) is 17.1 Å². The van der Waals surface area contributed by atoms with Gasteiger partial charge in [0.2, 0.25) is 0 Å². The summed E-state index contributed by atoms with van der Waals surface area (Å²) in [6.07, 6.45) is 0. The number of nitrogens with zero attached hydrogens (tertiary/aromatic N) is 3. The van der Waals surface area contributed by atoms with E-state index >= 15 is 0 Å². The highest BCUT2D eigenvalue weighted by molar-refractivity contribution is 9.10. The third kappa shape index (κ3) is 18.4. The van der Waals surface area contributed by atoms with E-state index in [4.69, 9.17) is 28.1 Å². The van der Waals surface area contributed by atoms with Crippen molar-refractivity contribution in [3.05, 3.63) is 50.5 Å². The molecule has 0 spiro atoms. The van der Waals surface area contributed by atoms with E-state index in [0.29, 0.717) is 18.0 Å². The number of carbonyl (C=O) groups excluding carboxylic acids is 3. The standard InChI is InChI=1S/C44H70BrN3O11Si/c1-40(2,3)29-47(27-39(51)59-43(10,11)12)32-19-18-31(45)23-35(32)54-20-21-55-36-24-33(48(52)53)30(28-56-60(16,17)44(13,14)15)22-34(36)46(25-37(49)57-41(4,5)6)26-38(50)58-42(7,8)9/h18-19,22-24H,20-21,25-29H2,1-17H3. The molecular weight excluding hydrogens is 854 g/mol. The van der Waals surface area contributed by atoms with Gasteiger partial charge in [-0.25, -0.2) is 0 Å². The average Bonchev–Trinajstić information content (AvgIpc) is 3.01. The van der Waals surface area contributed by atoms with Gasteiger partial charge in [0.1, 0.15) is 61.2 Å². The summed E-state index contributed by atoms with van der Waals surface area (Å²) in [5, 5.41) is 12.4. The normalized spacial score (nSPS) is 12.7. The lowest BCUT2D eigenvalue weighted by molar-refractivity contribution is -0.385. The van der Waals surface area contributed by atoms with Crippen molar-refractivity contribution in [2.24, 2.45) is 5.41 Å². The Kier molecular flexibility index (Phi) is 17.7. The summed E-state index contributed by atoms with van der Waals surface area (Å²) in [5.74, 6) is -1.17. The topological polar surface area (TPSA) is 156 Å². The van der Waals surface area contributed by atoms with Gasteiger partial charge in [0.25, 0.3) is 5.69 Å². The predicted molar refractivity (Wildman–Crippen MR) is 242 cm³/mol.